The summed E-state index contributed by atoms with van der Waals surface area (Å²) in [6.07, 6.45) is 3.33. The van der Waals surface area contributed by atoms with Crippen LogP contribution in [0.15, 0.2) is 72.8 Å². The molecule has 3 aromatic carbocycles. The van der Waals surface area contributed by atoms with Crippen molar-refractivity contribution in [2.75, 3.05) is 13.1 Å². The Morgan fingerprint density at radius 1 is 0.800 bits per heavy atom. The summed E-state index contributed by atoms with van der Waals surface area (Å²) in [5.74, 6) is 0.281. The Hall–Kier alpha value is -3.27. The van der Waals surface area contributed by atoms with E-state index >= 15 is 0 Å². The Morgan fingerprint density at radius 3 is 1.90 bits per heavy atom. The number of fused-ring (bicyclic) bond motifs is 1. The summed E-state index contributed by atoms with van der Waals surface area (Å²) in [5.41, 5.74) is 3.42. The topological polar surface area (TPSA) is 38.8 Å². The van der Waals surface area contributed by atoms with Crippen molar-refractivity contribution < 1.29 is 14.3 Å². The second kappa shape index (κ2) is 7.52. The molecule has 0 aliphatic carbocycles. The van der Waals surface area contributed by atoms with Crippen molar-refractivity contribution in [3.05, 3.63) is 95.1 Å². The van der Waals surface area contributed by atoms with Crippen LogP contribution in [-0.4, -0.2) is 23.9 Å². The molecule has 1 saturated heterocycles. The van der Waals surface area contributed by atoms with Gasteiger partial charge in [-0.25, -0.2) is 0 Å². The fourth-order valence-electron chi connectivity index (χ4n) is 4.37. The standard InChI is InChI=1S/C26H25NO3/c1-19-17-23-24(18-22(19)25(28)27-15-9-4-10-16-27)30-26(29-23,20-11-5-2-6-12-20)21-13-7-3-8-14-21/h2-3,5-8,11-14,17-18H,4,9-10,15-16H2,1H3. The van der Waals surface area contributed by atoms with Gasteiger partial charge in [0.1, 0.15) is 0 Å². The molecule has 4 heteroatoms. The molecule has 2 aliphatic rings. The lowest BCUT2D eigenvalue weighted by Gasteiger charge is -2.28. The summed E-state index contributed by atoms with van der Waals surface area (Å²) in [7, 11) is 0. The fraction of sp³-hybridized carbons (Fsp3) is 0.269. The lowest BCUT2D eigenvalue weighted by Crippen LogP contribution is -2.36. The van der Waals surface area contributed by atoms with E-state index in [0.29, 0.717) is 17.1 Å². The lowest BCUT2D eigenvalue weighted by molar-refractivity contribution is -0.0459. The van der Waals surface area contributed by atoms with Gasteiger partial charge in [0, 0.05) is 29.8 Å². The van der Waals surface area contributed by atoms with Crippen LogP contribution < -0.4 is 9.47 Å². The molecule has 2 heterocycles. The van der Waals surface area contributed by atoms with E-state index in [1.54, 1.807) is 0 Å². The Labute approximate surface area is 177 Å². The molecule has 0 atom stereocenters. The van der Waals surface area contributed by atoms with E-state index in [1.165, 1.54) is 6.42 Å². The maximum atomic E-state index is 13.2. The average molecular weight is 399 g/mol. The van der Waals surface area contributed by atoms with Gasteiger partial charge < -0.3 is 14.4 Å². The highest BCUT2D eigenvalue weighted by molar-refractivity contribution is 5.96. The second-order valence-electron chi connectivity index (χ2n) is 8.02. The first-order chi connectivity index (χ1) is 14.7. The minimum atomic E-state index is -1.07. The number of likely N-dealkylation sites (tertiary alicyclic amines) is 1. The lowest BCUT2D eigenvalue weighted by atomic mass is 9.97. The molecule has 0 bridgehead atoms. The van der Waals surface area contributed by atoms with E-state index in [0.717, 1.165) is 42.6 Å². The molecule has 0 radical (unpaired) electrons. The van der Waals surface area contributed by atoms with E-state index in [1.807, 2.05) is 84.6 Å². The molecule has 0 spiro atoms. The van der Waals surface area contributed by atoms with Crippen LogP contribution in [0.4, 0.5) is 0 Å². The number of amides is 1. The molecule has 5 rings (SSSR count). The average Bonchev–Trinajstić information content (AvgIpc) is 3.19. The van der Waals surface area contributed by atoms with Crippen LogP contribution >= 0.6 is 0 Å². The van der Waals surface area contributed by atoms with E-state index in [4.69, 9.17) is 9.47 Å². The Balaban J connectivity index is 1.56. The number of nitrogens with zero attached hydrogens (tertiary/aromatic N) is 1. The predicted octanol–water partition coefficient (Wildman–Crippen LogP) is 5.29. The third-order valence-electron chi connectivity index (χ3n) is 5.98. The summed E-state index contributed by atoms with van der Waals surface area (Å²) in [6, 6.07) is 23.7. The van der Waals surface area contributed by atoms with Crippen LogP contribution in [-0.2, 0) is 5.79 Å². The number of rotatable bonds is 3. The molecule has 1 amide bonds. The van der Waals surface area contributed by atoms with Gasteiger partial charge in [0.05, 0.1) is 0 Å². The quantitative estimate of drug-likeness (QED) is 0.600. The van der Waals surface area contributed by atoms with Gasteiger partial charge in [0.25, 0.3) is 5.91 Å². The van der Waals surface area contributed by atoms with Gasteiger partial charge in [0.2, 0.25) is 0 Å². The number of hydrogen-bond acceptors (Lipinski definition) is 3. The van der Waals surface area contributed by atoms with E-state index in [9.17, 15) is 4.79 Å². The van der Waals surface area contributed by atoms with Gasteiger partial charge in [-0.05, 0) is 43.9 Å². The number of hydrogen-bond donors (Lipinski definition) is 0. The molecular formula is C26H25NO3. The van der Waals surface area contributed by atoms with Gasteiger partial charge in [-0.15, -0.1) is 0 Å². The number of carbonyl (C=O) groups is 1. The largest absolute Gasteiger partial charge is 0.440 e. The van der Waals surface area contributed by atoms with E-state index in [-0.39, 0.29) is 5.91 Å². The third-order valence-corrected chi connectivity index (χ3v) is 5.98. The molecule has 0 unspecified atom stereocenters. The van der Waals surface area contributed by atoms with Gasteiger partial charge in [-0.2, -0.15) is 0 Å². The molecule has 4 nitrogen and oxygen atoms in total. The van der Waals surface area contributed by atoms with Crippen molar-refractivity contribution in [1.82, 2.24) is 4.90 Å². The number of carbonyl (C=O) groups excluding carboxylic acids is 1. The predicted molar refractivity (Wildman–Crippen MR) is 116 cm³/mol. The highest BCUT2D eigenvalue weighted by atomic mass is 16.7. The Bertz CT molecular complexity index is 1020. The Morgan fingerprint density at radius 2 is 1.33 bits per heavy atom. The molecule has 2 aliphatic heterocycles. The first-order valence-electron chi connectivity index (χ1n) is 10.6. The zero-order valence-corrected chi connectivity index (χ0v) is 17.1. The highest BCUT2D eigenvalue weighted by Gasteiger charge is 2.45. The van der Waals surface area contributed by atoms with Crippen molar-refractivity contribution in [1.29, 1.82) is 0 Å². The van der Waals surface area contributed by atoms with Gasteiger partial charge >= 0.3 is 5.79 Å². The van der Waals surface area contributed by atoms with Crippen LogP contribution in [0.3, 0.4) is 0 Å². The second-order valence-corrected chi connectivity index (χ2v) is 8.02. The van der Waals surface area contributed by atoms with Crippen molar-refractivity contribution in [3.8, 4) is 11.5 Å². The summed E-state index contributed by atoms with van der Waals surface area (Å²) < 4.78 is 13.0. The minimum Gasteiger partial charge on any atom is -0.440 e. The van der Waals surface area contributed by atoms with Crippen LogP contribution in [0.2, 0.25) is 0 Å². The number of piperidine rings is 1. The monoisotopic (exact) mass is 399 g/mol. The van der Waals surface area contributed by atoms with Crippen LogP contribution in [0.5, 0.6) is 11.5 Å². The SMILES string of the molecule is Cc1cc2c(cc1C(=O)N1CCCCC1)OC(c1ccccc1)(c1ccccc1)O2. The van der Waals surface area contributed by atoms with Gasteiger partial charge in [0.15, 0.2) is 11.5 Å². The zero-order chi connectivity index (χ0) is 20.6. The Kier molecular flexibility index (Phi) is 4.70. The minimum absolute atomic E-state index is 0.0792. The molecule has 3 aromatic rings. The normalized spacial score (nSPS) is 17.0. The molecular weight excluding hydrogens is 374 g/mol. The van der Waals surface area contributed by atoms with Crippen molar-refractivity contribution in [2.45, 2.75) is 32.0 Å². The molecule has 1 fully saturated rings. The fourth-order valence-corrected chi connectivity index (χ4v) is 4.37. The van der Waals surface area contributed by atoms with Gasteiger partial charge in [-0.1, -0.05) is 60.7 Å². The van der Waals surface area contributed by atoms with Gasteiger partial charge in [-0.3, -0.25) is 4.79 Å². The highest BCUT2D eigenvalue weighted by Crippen LogP contribution is 2.48. The van der Waals surface area contributed by atoms with Crippen molar-refractivity contribution in [2.24, 2.45) is 0 Å². The molecule has 0 saturated carbocycles. The number of benzene rings is 3. The molecule has 0 N–H and O–H groups in total. The van der Waals surface area contributed by atoms with Crippen LogP contribution in [0.1, 0.15) is 46.3 Å². The summed E-state index contributed by atoms with van der Waals surface area (Å²) >= 11 is 0. The maximum Gasteiger partial charge on any atom is 0.305 e. The van der Waals surface area contributed by atoms with Crippen LogP contribution in [0, 0.1) is 6.92 Å². The smallest absolute Gasteiger partial charge is 0.305 e. The van der Waals surface area contributed by atoms with Crippen molar-refractivity contribution >= 4 is 5.91 Å². The number of ether oxygens (including phenoxy) is 2. The number of aryl methyl sites for hydroxylation is 1. The first-order valence-corrected chi connectivity index (χ1v) is 10.6. The molecule has 0 aromatic heterocycles. The van der Waals surface area contributed by atoms with Crippen LogP contribution in [0.25, 0.3) is 0 Å². The maximum absolute atomic E-state index is 13.2. The summed E-state index contributed by atoms with van der Waals surface area (Å²) in [5, 5.41) is 0. The van der Waals surface area contributed by atoms with E-state index in [2.05, 4.69) is 0 Å². The van der Waals surface area contributed by atoms with Crippen molar-refractivity contribution in [3.63, 3.8) is 0 Å². The molecule has 30 heavy (non-hydrogen) atoms. The third kappa shape index (κ3) is 3.13. The molecule has 152 valence electrons. The summed E-state index contributed by atoms with van der Waals surface area (Å²) in [6.45, 7) is 3.61. The zero-order valence-electron chi connectivity index (χ0n) is 17.1. The van der Waals surface area contributed by atoms with E-state index < -0.39 is 5.79 Å². The summed E-state index contributed by atoms with van der Waals surface area (Å²) in [4.78, 5) is 15.1. The first kappa shape index (κ1) is 18.7.